The Morgan fingerprint density at radius 3 is 2.76 bits per heavy atom. The van der Waals surface area contributed by atoms with Crippen molar-refractivity contribution in [2.45, 2.75) is 19.9 Å². The Kier molecular flexibility index (Phi) is 5.47. The Morgan fingerprint density at radius 1 is 1.48 bits per heavy atom. The number of carboxylic acids is 1. The van der Waals surface area contributed by atoms with E-state index in [9.17, 15) is 4.79 Å². The van der Waals surface area contributed by atoms with E-state index in [1.165, 1.54) is 0 Å². The number of hydrogen-bond acceptors (Lipinski definition) is 4. The Morgan fingerprint density at radius 2 is 2.19 bits per heavy atom. The van der Waals surface area contributed by atoms with Crippen molar-refractivity contribution in [1.29, 1.82) is 0 Å². The molecule has 0 saturated carbocycles. The van der Waals surface area contributed by atoms with Gasteiger partial charge in [0, 0.05) is 19.6 Å². The van der Waals surface area contributed by atoms with Crippen LogP contribution in [0.4, 0.5) is 0 Å². The maximum Gasteiger partial charge on any atom is 0.309 e. The summed E-state index contributed by atoms with van der Waals surface area (Å²) in [6.07, 6.45) is 0.932. The average molecular weight is 358 g/mol. The van der Waals surface area contributed by atoms with Gasteiger partial charge in [0.25, 0.3) is 0 Å². The van der Waals surface area contributed by atoms with Crippen molar-refractivity contribution in [2.75, 3.05) is 26.8 Å². The summed E-state index contributed by atoms with van der Waals surface area (Å²) in [5.74, 6) is 0.467. The van der Waals surface area contributed by atoms with E-state index in [1.54, 1.807) is 7.11 Å². The molecule has 0 spiro atoms. The van der Waals surface area contributed by atoms with E-state index in [2.05, 4.69) is 27.8 Å². The third kappa shape index (κ3) is 3.89. The molecule has 1 saturated heterocycles. The van der Waals surface area contributed by atoms with E-state index in [-0.39, 0.29) is 5.92 Å². The van der Waals surface area contributed by atoms with Gasteiger partial charge in [-0.05, 0) is 40.0 Å². The molecule has 0 bridgehead atoms. The number of ether oxygens (including phenoxy) is 2. The molecule has 1 aromatic carbocycles. The number of halogens is 1. The quantitative estimate of drug-likeness (QED) is 0.812. The molecule has 1 heterocycles. The Labute approximate surface area is 133 Å². The maximum absolute atomic E-state index is 10.8. The lowest BCUT2D eigenvalue weighted by atomic mass is 9.99. The Balaban J connectivity index is 2.04. The third-order valence-corrected chi connectivity index (χ3v) is 4.04. The van der Waals surface area contributed by atoms with E-state index in [0.717, 1.165) is 22.2 Å². The number of carbonyl (C=O) groups is 1. The summed E-state index contributed by atoms with van der Waals surface area (Å²) in [6.45, 7) is 4.61. The minimum atomic E-state index is -0.715. The standard InChI is InChI=1S/C15H20BrNO4/c1-3-4-21-14-12(16)5-10(6-13(14)20-2)7-17-8-11(9-17)15(18)19/h5-6,11H,3-4,7-9H2,1-2H3,(H,18,19). The molecule has 0 aliphatic carbocycles. The maximum atomic E-state index is 10.8. The number of rotatable bonds is 7. The smallest absolute Gasteiger partial charge is 0.309 e. The third-order valence-electron chi connectivity index (χ3n) is 3.45. The van der Waals surface area contributed by atoms with E-state index < -0.39 is 5.97 Å². The molecule has 1 N–H and O–H groups in total. The van der Waals surface area contributed by atoms with Crippen LogP contribution in [0, 0.1) is 5.92 Å². The highest BCUT2D eigenvalue weighted by atomic mass is 79.9. The molecule has 0 unspecified atom stereocenters. The summed E-state index contributed by atoms with van der Waals surface area (Å²) >= 11 is 3.52. The minimum Gasteiger partial charge on any atom is -0.493 e. The fraction of sp³-hybridized carbons (Fsp3) is 0.533. The van der Waals surface area contributed by atoms with Crippen molar-refractivity contribution in [1.82, 2.24) is 4.90 Å². The highest BCUT2D eigenvalue weighted by Crippen LogP contribution is 2.37. The number of benzene rings is 1. The van der Waals surface area contributed by atoms with Gasteiger partial charge in [0.2, 0.25) is 0 Å². The molecule has 0 aromatic heterocycles. The van der Waals surface area contributed by atoms with E-state index in [0.29, 0.717) is 32.0 Å². The zero-order valence-corrected chi connectivity index (χ0v) is 13.9. The monoisotopic (exact) mass is 357 g/mol. The van der Waals surface area contributed by atoms with Crippen LogP contribution in [0.2, 0.25) is 0 Å². The average Bonchev–Trinajstić information content (AvgIpc) is 2.40. The van der Waals surface area contributed by atoms with Crippen LogP contribution in [0.1, 0.15) is 18.9 Å². The first-order valence-corrected chi connectivity index (χ1v) is 7.78. The van der Waals surface area contributed by atoms with Crippen LogP contribution in [0.5, 0.6) is 11.5 Å². The molecule has 1 aliphatic heterocycles. The second-order valence-electron chi connectivity index (χ2n) is 5.19. The summed E-state index contributed by atoms with van der Waals surface area (Å²) in [6, 6.07) is 3.95. The number of methoxy groups -OCH3 is 1. The molecule has 1 fully saturated rings. The van der Waals surface area contributed by atoms with Crippen molar-refractivity contribution >= 4 is 21.9 Å². The van der Waals surface area contributed by atoms with Gasteiger partial charge < -0.3 is 14.6 Å². The van der Waals surface area contributed by atoms with Crippen molar-refractivity contribution in [3.8, 4) is 11.5 Å². The molecule has 0 amide bonds. The van der Waals surface area contributed by atoms with Crippen molar-refractivity contribution in [2.24, 2.45) is 5.92 Å². The van der Waals surface area contributed by atoms with Gasteiger partial charge in [-0.1, -0.05) is 6.92 Å². The molecule has 1 aliphatic rings. The summed E-state index contributed by atoms with van der Waals surface area (Å²) in [4.78, 5) is 12.9. The van der Waals surface area contributed by atoms with Crippen LogP contribution < -0.4 is 9.47 Å². The van der Waals surface area contributed by atoms with E-state index in [1.807, 2.05) is 12.1 Å². The van der Waals surface area contributed by atoms with Crippen LogP contribution in [0.15, 0.2) is 16.6 Å². The fourth-order valence-electron chi connectivity index (χ4n) is 2.32. The van der Waals surface area contributed by atoms with Crippen LogP contribution in [-0.2, 0) is 11.3 Å². The second kappa shape index (κ2) is 7.13. The lowest BCUT2D eigenvalue weighted by molar-refractivity contribution is -0.147. The van der Waals surface area contributed by atoms with E-state index >= 15 is 0 Å². The lowest BCUT2D eigenvalue weighted by Gasteiger charge is -2.36. The number of hydrogen-bond donors (Lipinski definition) is 1. The van der Waals surface area contributed by atoms with Gasteiger partial charge in [0.15, 0.2) is 11.5 Å². The highest BCUT2D eigenvalue weighted by Gasteiger charge is 2.32. The first kappa shape index (κ1) is 16.1. The molecule has 6 heteroatoms. The number of aliphatic carboxylic acids is 1. The van der Waals surface area contributed by atoms with Crippen LogP contribution >= 0.6 is 15.9 Å². The molecule has 21 heavy (non-hydrogen) atoms. The number of carboxylic acid groups (broad SMARTS) is 1. The summed E-state index contributed by atoms with van der Waals surface area (Å²) in [7, 11) is 1.62. The normalized spacial score (nSPS) is 15.6. The summed E-state index contributed by atoms with van der Waals surface area (Å²) in [5, 5.41) is 8.89. The SMILES string of the molecule is CCCOc1c(Br)cc(CN2CC(C(=O)O)C2)cc1OC. The van der Waals surface area contributed by atoms with Crippen LogP contribution in [0.25, 0.3) is 0 Å². The molecular weight excluding hydrogens is 338 g/mol. The van der Waals surface area contributed by atoms with Gasteiger partial charge >= 0.3 is 5.97 Å². The second-order valence-corrected chi connectivity index (χ2v) is 6.04. The first-order chi connectivity index (χ1) is 10.0. The predicted octanol–water partition coefficient (Wildman–Crippen LogP) is 2.76. The molecule has 0 radical (unpaired) electrons. The molecule has 2 rings (SSSR count). The predicted molar refractivity (Wildman–Crippen MR) is 82.9 cm³/mol. The molecule has 116 valence electrons. The van der Waals surface area contributed by atoms with Crippen molar-refractivity contribution < 1.29 is 19.4 Å². The number of likely N-dealkylation sites (tertiary alicyclic amines) is 1. The summed E-state index contributed by atoms with van der Waals surface area (Å²) in [5.41, 5.74) is 1.08. The van der Waals surface area contributed by atoms with Crippen LogP contribution in [-0.4, -0.2) is 42.8 Å². The van der Waals surface area contributed by atoms with Crippen molar-refractivity contribution in [3.05, 3.63) is 22.2 Å². The van der Waals surface area contributed by atoms with Gasteiger partial charge in [-0.25, -0.2) is 0 Å². The van der Waals surface area contributed by atoms with E-state index in [4.69, 9.17) is 14.6 Å². The molecule has 0 atom stereocenters. The fourth-order valence-corrected chi connectivity index (χ4v) is 2.93. The zero-order chi connectivity index (χ0) is 15.4. The minimum absolute atomic E-state index is 0.234. The van der Waals surface area contributed by atoms with Gasteiger partial charge in [-0.3, -0.25) is 9.69 Å². The van der Waals surface area contributed by atoms with Gasteiger partial charge in [-0.2, -0.15) is 0 Å². The number of nitrogens with zero attached hydrogens (tertiary/aromatic N) is 1. The van der Waals surface area contributed by atoms with Crippen molar-refractivity contribution in [3.63, 3.8) is 0 Å². The summed E-state index contributed by atoms with van der Waals surface area (Å²) < 4.78 is 11.9. The lowest BCUT2D eigenvalue weighted by Crippen LogP contribution is -2.49. The largest absolute Gasteiger partial charge is 0.493 e. The molecular formula is C15H20BrNO4. The Bertz CT molecular complexity index is 515. The topological polar surface area (TPSA) is 59.0 Å². The van der Waals surface area contributed by atoms with Crippen LogP contribution in [0.3, 0.4) is 0 Å². The highest BCUT2D eigenvalue weighted by molar-refractivity contribution is 9.10. The first-order valence-electron chi connectivity index (χ1n) is 6.99. The molecule has 5 nitrogen and oxygen atoms in total. The molecule has 1 aromatic rings. The zero-order valence-electron chi connectivity index (χ0n) is 12.3. The van der Waals surface area contributed by atoms with Gasteiger partial charge in [0.05, 0.1) is 24.1 Å². The van der Waals surface area contributed by atoms with Gasteiger partial charge in [0.1, 0.15) is 0 Å². The Hall–Kier alpha value is -1.27. The van der Waals surface area contributed by atoms with Gasteiger partial charge in [-0.15, -0.1) is 0 Å².